The molecule has 2 aromatic rings. The molecular weight excluding hydrogens is 483 g/mol. The summed E-state index contributed by atoms with van der Waals surface area (Å²) in [7, 11) is -1.39. The molecule has 36 heavy (non-hydrogen) atoms. The average molecular weight is 521 g/mol. The van der Waals surface area contributed by atoms with E-state index in [4.69, 9.17) is 0 Å². The topological polar surface area (TPSA) is 90.0 Å². The average Bonchev–Trinajstić information content (AvgIpc) is 2.76. The Bertz CT molecular complexity index is 1160. The van der Waals surface area contributed by atoms with E-state index in [0.717, 1.165) is 31.9 Å². The van der Waals surface area contributed by atoms with Crippen molar-refractivity contribution in [2.75, 3.05) is 24.9 Å². The van der Waals surface area contributed by atoms with Crippen LogP contribution in [0, 0.1) is 12.7 Å². The summed E-state index contributed by atoms with van der Waals surface area (Å²) in [4.78, 5) is 28.4. The molecule has 8 nitrogen and oxygen atoms in total. The molecule has 0 spiro atoms. The first-order valence-corrected chi connectivity index (χ1v) is 13.2. The van der Waals surface area contributed by atoms with Crippen LogP contribution in [0.1, 0.15) is 45.2 Å². The standard InChI is InChI=1S/C26H37FN4O4S/c1-8-23(25(33)28-26(3,4)5)30(17-20-11-9-10-19(2)16-20)24(32)18-31(36(34,35)29(6)7)22-14-12-21(27)13-15-22/h9-16,23H,8,17-18H2,1-7H3,(H,28,33)/t23-/m1/s1. The first-order valence-electron chi connectivity index (χ1n) is 11.8. The number of carbonyl (C=O) groups is 2. The minimum Gasteiger partial charge on any atom is -0.350 e. The predicted octanol–water partition coefficient (Wildman–Crippen LogP) is 3.47. The second kappa shape index (κ2) is 11.8. The molecule has 0 radical (unpaired) electrons. The van der Waals surface area contributed by atoms with Crippen LogP contribution in [-0.4, -0.2) is 61.7 Å². The number of aryl methyl sites for hydroxylation is 1. The molecule has 0 bridgehead atoms. The van der Waals surface area contributed by atoms with E-state index in [9.17, 15) is 22.4 Å². The summed E-state index contributed by atoms with van der Waals surface area (Å²) in [6.45, 7) is 8.85. The van der Waals surface area contributed by atoms with E-state index in [0.29, 0.717) is 6.42 Å². The molecule has 0 aliphatic carbocycles. The van der Waals surface area contributed by atoms with Crippen molar-refractivity contribution >= 4 is 27.7 Å². The molecule has 0 fully saturated rings. The normalized spacial score (nSPS) is 12.8. The minimum atomic E-state index is -4.10. The first-order chi connectivity index (χ1) is 16.7. The first kappa shape index (κ1) is 29.3. The highest BCUT2D eigenvalue weighted by Crippen LogP contribution is 2.22. The van der Waals surface area contributed by atoms with Crippen LogP contribution in [0.3, 0.4) is 0 Å². The van der Waals surface area contributed by atoms with Gasteiger partial charge in [-0.25, -0.2) is 8.70 Å². The molecule has 1 N–H and O–H groups in total. The lowest BCUT2D eigenvalue weighted by Gasteiger charge is -2.35. The number of hydrogen-bond donors (Lipinski definition) is 1. The van der Waals surface area contributed by atoms with Crippen molar-refractivity contribution in [3.63, 3.8) is 0 Å². The zero-order valence-electron chi connectivity index (χ0n) is 22.1. The Labute approximate surface area is 214 Å². The van der Waals surface area contributed by atoms with Crippen LogP contribution in [0.4, 0.5) is 10.1 Å². The van der Waals surface area contributed by atoms with Gasteiger partial charge in [-0.15, -0.1) is 0 Å². The molecule has 2 rings (SSSR count). The van der Waals surface area contributed by atoms with Gasteiger partial charge >= 0.3 is 10.2 Å². The highest BCUT2D eigenvalue weighted by Gasteiger charge is 2.34. The van der Waals surface area contributed by atoms with Crippen LogP contribution < -0.4 is 9.62 Å². The number of nitrogens with one attached hydrogen (secondary N) is 1. The van der Waals surface area contributed by atoms with Gasteiger partial charge in [0.15, 0.2) is 0 Å². The molecule has 0 aromatic heterocycles. The van der Waals surface area contributed by atoms with E-state index in [2.05, 4.69) is 5.32 Å². The van der Waals surface area contributed by atoms with Crippen molar-refractivity contribution in [3.05, 3.63) is 65.5 Å². The smallest absolute Gasteiger partial charge is 0.304 e. The van der Waals surface area contributed by atoms with Gasteiger partial charge in [-0.1, -0.05) is 36.8 Å². The molecule has 0 heterocycles. The van der Waals surface area contributed by atoms with E-state index in [-0.39, 0.29) is 18.1 Å². The third-order valence-electron chi connectivity index (χ3n) is 5.45. The lowest BCUT2D eigenvalue weighted by Crippen LogP contribution is -2.55. The van der Waals surface area contributed by atoms with Gasteiger partial charge in [-0.05, 0) is 63.9 Å². The highest BCUT2D eigenvalue weighted by molar-refractivity contribution is 7.90. The maximum Gasteiger partial charge on any atom is 0.304 e. The number of halogens is 1. The highest BCUT2D eigenvalue weighted by atomic mass is 32.2. The van der Waals surface area contributed by atoms with Crippen molar-refractivity contribution in [2.45, 2.75) is 59.2 Å². The Kier molecular flexibility index (Phi) is 9.62. The van der Waals surface area contributed by atoms with Gasteiger partial charge in [0.2, 0.25) is 11.8 Å². The van der Waals surface area contributed by atoms with Crippen molar-refractivity contribution in [3.8, 4) is 0 Å². The van der Waals surface area contributed by atoms with Gasteiger partial charge < -0.3 is 10.2 Å². The van der Waals surface area contributed by atoms with Gasteiger partial charge in [-0.3, -0.25) is 9.59 Å². The Morgan fingerprint density at radius 2 is 1.67 bits per heavy atom. The molecule has 0 aliphatic rings. The zero-order valence-corrected chi connectivity index (χ0v) is 22.9. The van der Waals surface area contributed by atoms with Gasteiger partial charge in [0.1, 0.15) is 18.4 Å². The minimum absolute atomic E-state index is 0.121. The number of nitrogens with zero attached hydrogens (tertiary/aromatic N) is 3. The van der Waals surface area contributed by atoms with E-state index < -0.39 is 40.1 Å². The lowest BCUT2D eigenvalue weighted by molar-refractivity contribution is -0.141. The third kappa shape index (κ3) is 7.76. The van der Waals surface area contributed by atoms with Crippen LogP contribution in [0.2, 0.25) is 0 Å². The fourth-order valence-corrected chi connectivity index (χ4v) is 4.76. The second-order valence-electron chi connectivity index (χ2n) is 9.95. The Morgan fingerprint density at radius 3 is 2.17 bits per heavy atom. The summed E-state index contributed by atoms with van der Waals surface area (Å²) in [6.07, 6.45) is 0.330. The molecule has 2 amide bonds. The molecular formula is C26H37FN4O4S. The van der Waals surface area contributed by atoms with Crippen LogP contribution in [-0.2, 0) is 26.3 Å². The van der Waals surface area contributed by atoms with Crippen molar-refractivity contribution in [1.29, 1.82) is 0 Å². The van der Waals surface area contributed by atoms with Gasteiger partial charge in [0.25, 0.3) is 0 Å². The number of rotatable bonds is 10. The van der Waals surface area contributed by atoms with E-state index in [1.54, 1.807) is 6.92 Å². The van der Waals surface area contributed by atoms with Gasteiger partial charge in [0, 0.05) is 26.2 Å². The largest absolute Gasteiger partial charge is 0.350 e. The van der Waals surface area contributed by atoms with Crippen molar-refractivity contribution < 1.29 is 22.4 Å². The monoisotopic (exact) mass is 520 g/mol. The lowest BCUT2D eigenvalue weighted by atomic mass is 10.0. The van der Waals surface area contributed by atoms with E-state index in [1.165, 1.54) is 31.1 Å². The van der Waals surface area contributed by atoms with Crippen LogP contribution in [0.5, 0.6) is 0 Å². The molecule has 0 saturated heterocycles. The Balaban J connectivity index is 2.52. The molecule has 0 unspecified atom stereocenters. The fraction of sp³-hybridized carbons (Fsp3) is 0.462. The molecule has 10 heteroatoms. The summed E-state index contributed by atoms with van der Waals surface area (Å²) >= 11 is 0. The third-order valence-corrected chi connectivity index (χ3v) is 7.27. The number of anilines is 1. The summed E-state index contributed by atoms with van der Waals surface area (Å²) in [5, 5.41) is 2.93. The summed E-state index contributed by atoms with van der Waals surface area (Å²) < 4.78 is 41.7. The SMILES string of the molecule is CC[C@H](C(=O)NC(C)(C)C)N(Cc1cccc(C)c1)C(=O)CN(c1ccc(F)cc1)S(=O)(=O)N(C)C. The summed E-state index contributed by atoms with van der Waals surface area (Å²) in [5.74, 6) is -1.41. The predicted molar refractivity (Wildman–Crippen MR) is 140 cm³/mol. The maximum absolute atomic E-state index is 13.8. The molecule has 198 valence electrons. The van der Waals surface area contributed by atoms with E-state index >= 15 is 0 Å². The summed E-state index contributed by atoms with van der Waals surface area (Å²) in [6, 6.07) is 11.6. The molecule has 0 aliphatic heterocycles. The van der Waals surface area contributed by atoms with Gasteiger partial charge in [-0.2, -0.15) is 12.7 Å². The quantitative estimate of drug-likeness (QED) is 0.520. The van der Waals surface area contributed by atoms with E-state index in [1.807, 2.05) is 52.0 Å². The second-order valence-corrected chi connectivity index (χ2v) is 12.0. The Morgan fingerprint density at radius 1 is 1.06 bits per heavy atom. The van der Waals surface area contributed by atoms with Crippen LogP contribution >= 0.6 is 0 Å². The molecule has 1 atom stereocenters. The van der Waals surface area contributed by atoms with Crippen LogP contribution in [0.15, 0.2) is 48.5 Å². The summed E-state index contributed by atoms with van der Waals surface area (Å²) in [5.41, 5.74) is 1.43. The van der Waals surface area contributed by atoms with Gasteiger partial charge in [0.05, 0.1) is 5.69 Å². The number of hydrogen-bond acceptors (Lipinski definition) is 4. The fourth-order valence-electron chi connectivity index (χ4n) is 3.70. The van der Waals surface area contributed by atoms with Crippen molar-refractivity contribution in [2.24, 2.45) is 0 Å². The number of benzene rings is 2. The molecule has 2 aromatic carbocycles. The maximum atomic E-state index is 13.8. The number of amides is 2. The Hall–Kier alpha value is -2.98. The molecule has 0 saturated carbocycles. The van der Waals surface area contributed by atoms with Crippen molar-refractivity contribution in [1.82, 2.24) is 14.5 Å². The number of carbonyl (C=O) groups excluding carboxylic acids is 2. The van der Waals surface area contributed by atoms with Crippen LogP contribution in [0.25, 0.3) is 0 Å². The zero-order chi connectivity index (χ0) is 27.3.